The molecular formula is C25H22ClN3O4. The van der Waals surface area contributed by atoms with E-state index in [2.05, 4.69) is 15.3 Å². The molecule has 3 N–H and O–H groups in total. The number of H-pyrrole nitrogens is 1. The van der Waals surface area contributed by atoms with Crippen molar-refractivity contribution in [3.8, 4) is 17.0 Å². The highest BCUT2D eigenvalue weighted by molar-refractivity contribution is 6.04. The van der Waals surface area contributed by atoms with Gasteiger partial charge in [0, 0.05) is 29.4 Å². The number of para-hydroxylation sites is 1. The largest absolute Gasteiger partial charge is 0.493 e. The number of amides is 1. The van der Waals surface area contributed by atoms with Crippen LogP contribution in [-0.4, -0.2) is 33.6 Å². The van der Waals surface area contributed by atoms with Crippen LogP contribution in [0.2, 0.25) is 0 Å². The molecule has 0 radical (unpaired) electrons. The molecule has 168 valence electrons. The van der Waals surface area contributed by atoms with Crippen LogP contribution >= 0.6 is 12.4 Å². The fraction of sp³-hybridized carbons (Fsp3) is 0.0800. The molecule has 4 aromatic rings. The molecule has 33 heavy (non-hydrogen) atoms. The van der Waals surface area contributed by atoms with Crippen molar-refractivity contribution in [2.24, 2.45) is 0 Å². The molecule has 0 fully saturated rings. The SMILES string of the molecule is Cl.O=C(O)c1ccc(C(=O)Nc2ccc(CCOc3ccccc3-c3c[nH]cn3)cc2)cc1. The summed E-state index contributed by atoms with van der Waals surface area (Å²) in [7, 11) is 0. The van der Waals surface area contributed by atoms with Gasteiger partial charge in [-0.25, -0.2) is 9.78 Å². The van der Waals surface area contributed by atoms with Crippen LogP contribution in [-0.2, 0) is 6.42 Å². The molecule has 0 saturated heterocycles. The summed E-state index contributed by atoms with van der Waals surface area (Å²) >= 11 is 0. The lowest BCUT2D eigenvalue weighted by atomic mass is 10.1. The normalized spacial score (nSPS) is 10.2. The Bertz CT molecular complexity index is 1210. The molecule has 1 amide bonds. The smallest absolute Gasteiger partial charge is 0.335 e. The highest BCUT2D eigenvalue weighted by atomic mass is 35.5. The maximum absolute atomic E-state index is 12.4. The summed E-state index contributed by atoms with van der Waals surface area (Å²) in [6, 6.07) is 21.1. The maximum Gasteiger partial charge on any atom is 0.335 e. The standard InChI is InChI=1S/C25H21N3O4.ClH/c29-24(18-7-9-19(10-8-18)25(30)31)28-20-11-5-17(6-12-20)13-14-32-23-4-2-1-3-21(23)22-15-26-16-27-22;/h1-12,15-16H,13-14H2,(H,26,27)(H,28,29)(H,30,31);1H. The molecule has 0 aliphatic rings. The number of aromatic nitrogens is 2. The lowest BCUT2D eigenvalue weighted by Crippen LogP contribution is -2.12. The number of anilines is 1. The van der Waals surface area contributed by atoms with Gasteiger partial charge in [-0.2, -0.15) is 0 Å². The van der Waals surface area contributed by atoms with Crippen LogP contribution in [0.1, 0.15) is 26.3 Å². The quantitative estimate of drug-likeness (QED) is 0.338. The van der Waals surface area contributed by atoms with Crippen LogP contribution in [0.3, 0.4) is 0 Å². The second kappa shape index (κ2) is 11.0. The van der Waals surface area contributed by atoms with Gasteiger partial charge in [0.1, 0.15) is 5.75 Å². The van der Waals surface area contributed by atoms with Crippen molar-refractivity contribution in [3.05, 3.63) is 102 Å². The van der Waals surface area contributed by atoms with Crippen molar-refractivity contribution in [1.29, 1.82) is 0 Å². The number of aromatic amines is 1. The number of hydrogen-bond donors (Lipinski definition) is 3. The molecule has 0 atom stereocenters. The maximum atomic E-state index is 12.4. The molecular weight excluding hydrogens is 442 g/mol. The highest BCUT2D eigenvalue weighted by Crippen LogP contribution is 2.28. The Morgan fingerprint density at radius 1 is 0.939 bits per heavy atom. The second-order valence-electron chi connectivity index (χ2n) is 7.08. The minimum Gasteiger partial charge on any atom is -0.493 e. The second-order valence-corrected chi connectivity index (χ2v) is 7.08. The lowest BCUT2D eigenvalue weighted by Gasteiger charge is -2.11. The molecule has 0 aliphatic carbocycles. The van der Waals surface area contributed by atoms with Gasteiger partial charge in [-0.05, 0) is 54.1 Å². The van der Waals surface area contributed by atoms with Crippen molar-refractivity contribution >= 4 is 30.0 Å². The summed E-state index contributed by atoms with van der Waals surface area (Å²) in [5.41, 5.74) is 4.03. The number of carbonyl (C=O) groups excluding carboxylic acids is 1. The topological polar surface area (TPSA) is 104 Å². The first kappa shape index (κ1) is 23.6. The van der Waals surface area contributed by atoms with Crippen molar-refractivity contribution in [2.45, 2.75) is 6.42 Å². The summed E-state index contributed by atoms with van der Waals surface area (Å²) in [6.07, 6.45) is 4.17. The number of nitrogens with zero attached hydrogens (tertiary/aromatic N) is 1. The molecule has 0 spiro atoms. The van der Waals surface area contributed by atoms with Gasteiger partial charge in [-0.15, -0.1) is 12.4 Å². The van der Waals surface area contributed by atoms with Gasteiger partial charge in [-0.1, -0.05) is 24.3 Å². The first-order valence-corrected chi connectivity index (χ1v) is 10.0. The van der Waals surface area contributed by atoms with Crippen LogP contribution in [0.25, 0.3) is 11.3 Å². The number of imidazole rings is 1. The molecule has 0 bridgehead atoms. The summed E-state index contributed by atoms with van der Waals surface area (Å²) < 4.78 is 5.98. The Hall–Kier alpha value is -4.10. The Kier molecular flexibility index (Phi) is 7.83. The number of hydrogen-bond acceptors (Lipinski definition) is 4. The van der Waals surface area contributed by atoms with E-state index in [4.69, 9.17) is 9.84 Å². The van der Waals surface area contributed by atoms with E-state index in [1.165, 1.54) is 24.3 Å². The monoisotopic (exact) mass is 463 g/mol. The van der Waals surface area contributed by atoms with Gasteiger partial charge >= 0.3 is 5.97 Å². The van der Waals surface area contributed by atoms with Crippen LogP contribution < -0.4 is 10.1 Å². The van der Waals surface area contributed by atoms with E-state index in [1.807, 2.05) is 54.7 Å². The van der Waals surface area contributed by atoms with Crippen LogP contribution in [0.5, 0.6) is 5.75 Å². The third-order valence-electron chi connectivity index (χ3n) is 4.92. The van der Waals surface area contributed by atoms with Gasteiger partial charge in [0.2, 0.25) is 0 Å². The van der Waals surface area contributed by atoms with Crippen molar-refractivity contribution < 1.29 is 19.4 Å². The van der Waals surface area contributed by atoms with Gasteiger partial charge in [-0.3, -0.25) is 4.79 Å². The molecule has 0 aliphatic heterocycles. The van der Waals surface area contributed by atoms with E-state index in [1.54, 1.807) is 6.33 Å². The minimum atomic E-state index is -1.03. The van der Waals surface area contributed by atoms with E-state index in [0.717, 1.165) is 22.6 Å². The van der Waals surface area contributed by atoms with Crippen molar-refractivity contribution in [1.82, 2.24) is 9.97 Å². The van der Waals surface area contributed by atoms with Crippen molar-refractivity contribution in [2.75, 3.05) is 11.9 Å². The van der Waals surface area contributed by atoms with Gasteiger partial charge < -0.3 is 20.1 Å². The Labute approximate surface area is 196 Å². The lowest BCUT2D eigenvalue weighted by molar-refractivity contribution is 0.0696. The number of aromatic carboxylic acids is 1. The van der Waals surface area contributed by atoms with Gasteiger partial charge in [0.05, 0.1) is 24.2 Å². The minimum absolute atomic E-state index is 0. The Morgan fingerprint density at radius 2 is 1.64 bits per heavy atom. The summed E-state index contributed by atoms with van der Waals surface area (Å²) in [5.74, 6) is -0.549. The number of nitrogens with one attached hydrogen (secondary N) is 2. The van der Waals surface area contributed by atoms with Gasteiger partial charge in [0.25, 0.3) is 5.91 Å². The zero-order chi connectivity index (χ0) is 22.3. The number of carboxylic acid groups (broad SMARTS) is 1. The third kappa shape index (κ3) is 5.99. The van der Waals surface area contributed by atoms with Crippen LogP contribution in [0, 0.1) is 0 Å². The van der Waals surface area contributed by atoms with E-state index in [9.17, 15) is 9.59 Å². The van der Waals surface area contributed by atoms with Crippen LogP contribution in [0.4, 0.5) is 5.69 Å². The number of halogens is 1. The van der Waals surface area contributed by atoms with Gasteiger partial charge in [0.15, 0.2) is 0 Å². The number of carboxylic acids is 1. The van der Waals surface area contributed by atoms with Crippen LogP contribution in [0.15, 0.2) is 85.3 Å². The predicted molar refractivity (Wildman–Crippen MR) is 128 cm³/mol. The Balaban J connectivity index is 0.00000306. The van der Waals surface area contributed by atoms with E-state index >= 15 is 0 Å². The fourth-order valence-electron chi connectivity index (χ4n) is 3.21. The number of carbonyl (C=O) groups is 2. The molecule has 8 heteroatoms. The molecule has 3 aromatic carbocycles. The zero-order valence-corrected chi connectivity index (χ0v) is 18.3. The fourth-order valence-corrected chi connectivity index (χ4v) is 3.21. The molecule has 4 rings (SSSR count). The summed E-state index contributed by atoms with van der Waals surface area (Å²) in [6.45, 7) is 0.503. The Morgan fingerprint density at radius 3 is 2.30 bits per heavy atom. The average Bonchev–Trinajstić information content (AvgIpc) is 3.35. The zero-order valence-electron chi connectivity index (χ0n) is 17.5. The number of rotatable bonds is 8. The molecule has 1 heterocycles. The molecule has 1 aromatic heterocycles. The molecule has 7 nitrogen and oxygen atoms in total. The third-order valence-corrected chi connectivity index (χ3v) is 4.92. The first-order chi connectivity index (χ1) is 15.6. The highest BCUT2D eigenvalue weighted by Gasteiger charge is 2.09. The number of ether oxygens (including phenoxy) is 1. The summed E-state index contributed by atoms with van der Waals surface area (Å²) in [4.78, 5) is 30.5. The van der Waals surface area contributed by atoms with Crippen molar-refractivity contribution in [3.63, 3.8) is 0 Å². The molecule has 0 unspecified atom stereocenters. The first-order valence-electron chi connectivity index (χ1n) is 10.0. The van der Waals surface area contributed by atoms with E-state index < -0.39 is 5.97 Å². The molecule has 0 saturated carbocycles. The number of benzene rings is 3. The van der Waals surface area contributed by atoms with E-state index in [-0.39, 0.29) is 23.9 Å². The van der Waals surface area contributed by atoms with E-state index in [0.29, 0.717) is 24.3 Å². The summed E-state index contributed by atoms with van der Waals surface area (Å²) in [5, 5.41) is 11.8. The average molecular weight is 464 g/mol. The predicted octanol–water partition coefficient (Wildman–Crippen LogP) is 5.07.